The zero-order chi connectivity index (χ0) is 15.9. The first-order valence-corrected chi connectivity index (χ1v) is 7.90. The van der Waals surface area contributed by atoms with Crippen LogP contribution in [0.4, 0.5) is 0 Å². The van der Waals surface area contributed by atoms with Gasteiger partial charge in [0.2, 0.25) is 5.91 Å². The molecule has 1 heterocycles. The lowest BCUT2D eigenvalue weighted by atomic mass is 9.92. The maximum Gasteiger partial charge on any atom is 0.226 e. The Bertz CT molecular complexity index is 479. The molecule has 1 saturated heterocycles. The van der Waals surface area contributed by atoms with Gasteiger partial charge in [-0.05, 0) is 49.9 Å². The third-order valence-electron chi connectivity index (χ3n) is 4.20. The summed E-state index contributed by atoms with van der Waals surface area (Å²) < 4.78 is 10.7. The summed E-state index contributed by atoms with van der Waals surface area (Å²) >= 11 is 0. The van der Waals surface area contributed by atoms with Gasteiger partial charge in [-0.25, -0.2) is 0 Å². The van der Waals surface area contributed by atoms with Gasteiger partial charge in [0.15, 0.2) is 0 Å². The van der Waals surface area contributed by atoms with Crippen molar-refractivity contribution in [2.24, 2.45) is 11.7 Å². The van der Waals surface area contributed by atoms with Crippen molar-refractivity contribution in [3.8, 4) is 11.5 Å². The molecule has 2 N–H and O–H groups in total. The Morgan fingerprint density at radius 3 is 2.61 bits per heavy atom. The van der Waals surface area contributed by atoms with Crippen molar-refractivity contribution < 1.29 is 14.3 Å². The first-order valence-electron chi connectivity index (χ1n) is 7.90. The Morgan fingerprint density at radius 1 is 1.35 bits per heavy atom. The molecule has 6 heteroatoms. The number of likely N-dealkylation sites (tertiary alicyclic amines) is 1. The second-order valence-corrected chi connectivity index (χ2v) is 5.88. The van der Waals surface area contributed by atoms with Crippen LogP contribution in [0.1, 0.15) is 26.2 Å². The number of ether oxygens (including phenoxy) is 2. The molecule has 1 fully saturated rings. The van der Waals surface area contributed by atoms with Crippen LogP contribution < -0.4 is 15.2 Å². The zero-order valence-corrected chi connectivity index (χ0v) is 14.7. The fourth-order valence-corrected chi connectivity index (χ4v) is 2.75. The fourth-order valence-electron chi connectivity index (χ4n) is 2.75. The van der Waals surface area contributed by atoms with Crippen molar-refractivity contribution >= 4 is 18.3 Å². The minimum absolute atomic E-state index is 0. The first kappa shape index (κ1) is 19.6. The second-order valence-electron chi connectivity index (χ2n) is 5.88. The molecule has 0 aliphatic carbocycles. The number of hydrogen-bond donors (Lipinski definition) is 1. The predicted molar refractivity (Wildman–Crippen MR) is 93.3 cm³/mol. The number of hydrogen-bond acceptors (Lipinski definition) is 4. The van der Waals surface area contributed by atoms with Crippen molar-refractivity contribution in [2.75, 3.05) is 26.8 Å². The van der Waals surface area contributed by atoms with Crippen molar-refractivity contribution in [1.82, 2.24) is 4.90 Å². The number of halogens is 1. The summed E-state index contributed by atoms with van der Waals surface area (Å²) in [5, 5.41) is 0. The number of benzene rings is 1. The van der Waals surface area contributed by atoms with Gasteiger partial charge >= 0.3 is 0 Å². The second kappa shape index (κ2) is 9.63. The molecule has 1 aliphatic rings. The molecule has 5 nitrogen and oxygen atoms in total. The van der Waals surface area contributed by atoms with Crippen LogP contribution in [0.3, 0.4) is 0 Å². The van der Waals surface area contributed by atoms with Gasteiger partial charge in [-0.2, -0.15) is 0 Å². The number of methoxy groups -OCH3 is 1. The molecule has 0 aromatic heterocycles. The lowest BCUT2D eigenvalue weighted by Crippen LogP contribution is -2.45. The topological polar surface area (TPSA) is 64.8 Å². The largest absolute Gasteiger partial charge is 0.497 e. The fraction of sp³-hybridized carbons (Fsp3) is 0.588. The number of nitrogens with two attached hydrogens (primary N) is 1. The van der Waals surface area contributed by atoms with E-state index in [1.54, 1.807) is 7.11 Å². The molecule has 1 aliphatic heterocycles. The van der Waals surface area contributed by atoms with Crippen LogP contribution in [0.5, 0.6) is 11.5 Å². The van der Waals surface area contributed by atoms with E-state index >= 15 is 0 Å². The van der Waals surface area contributed by atoms with E-state index in [9.17, 15) is 4.79 Å². The molecule has 0 saturated carbocycles. The Morgan fingerprint density at radius 2 is 2.00 bits per heavy atom. The highest BCUT2D eigenvalue weighted by molar-refractivity contribution is 5.85. The van der Waals surface area contributed by atoms with E-state index in [2.05, 4.69) is 0 Å². The smallest absolute Gasteiger partial charge is 0.226 e. The number of carbonyl (C=O) groups excluding carboxylic acids is 1. The van der Waals surface area contributed by atoms with Crippen molar-refractivity contribution in [1.29, 1.82) is 0 Å². The van der Waals surface area contributed by atoms with E-state index in [1.807, 2.05) is 36.1 Å². The van der Waals surface area contributed by atoms with Gasteiger partial charge in [-0.15, -0.1) is 12.4 Å². The first-order chi connectivity index (χ1) is 10.6. The van der Waals surface area contributed by atoms with Gasteiger partial charge in [0.05, 0.1) is 20.1 Å². The van der Waals surface area contributed by atoms with Crippen LogP contribution in [0.25, 0.3) is 0 Å². The monoisotopic (exact) mass is 342 g/mol. The molecule has 1 amide bonds. The SMILES string of the molecule is COc1ccc(OCCC(=O)N2CCCC(C(C)N)C2)cc1.Cl. The summed E-state index contributed by atoms with van der Waals surface area (Å²) in [5.41, 5.74) is 5.96. The van der Waals surface area contributed by atoms with Gasteiger partial charge in [0, 0.05) is 19.1 Å². The van der Waals surface area contributed by atoms with Gasteiger partial charge in [0.1, 0.15) is 11.5 Å². The van der Waals surface area contributed by atoms with Gasteiger partial charge in [-0.1, -0.05) is 0 Å². The van der Waals surface area contributed by atoms with E-state index in [4.69, 9.17) is 15.2 Å². The molecule has 130 valence electrons. The molecule has 2 unspecified atom stereocenters. The summed E-state index contributed by atoms with van der Waals surface area (Å²) in [5.74, 6) is 2.11. The average Bonchev–Trinajstić information content (AvgIpc) is 2.55. The summed E-state index contributed by atoms with van der Waals surface area (Å²) in [6.07, 6.45) is 2.55. The molecule has 2 atom stereocenters. The quantitative estimate of drug-likeness (QED) is 0.862. The highest BCUT2D eigenvalue weighted by Gasteiger charge is 2.25. The number of piperidine rings is 1. The normalized spacial score (nSPS) is 18.7. The summed E-state index contributed by atoms with van der Waals surface area (Å²) in [7, 11) is 1.63. The van der Waals surface area contributed by atoms with Crippen LogP contribution in [-0.4, -0.2) is 43.7 Å². The van der Waals surface area contributed by atoms with Crippen LogP contribution in [-0.2, 0) is 4.79 Å². The van der Waals surface area contributed by atoms with E-state index in [0.29, 0.717) is 18.9 Å². The van der Waals surface area contributed by atoms with E-state index in [0.717, 1.165) is 37.4 Å². The average molecular weight is 343 g/mol. The Kier molecular flexibility index (Phi) is 8.20. The molecule has 1 aromatic carbocycles. The Hall–Kier alpha value is -1.46. The molecule has 0 spiro atoms. The number of rotatable bonds is 6. The summed E-state index contributed by atoms with van der Waals surface area (Å²) in [6, 6.07) is 7.52. The van der Waals surface area contributed by atoms with Gasteiger partial charge in [0.25, 0.3) is 0 Å². The molecule has 1 aromatic rings. The van der Waals surface area contributed by atoms with Crippen molar-refractivity contribution in [2.45, 2.75) is 32.2 Å². The van der Waals surface area contributed by atoms with Gasteiger partial charge < -0.3 is 20.1 Å². The number of carbonyl (C=O) groups is 1. The van der Waals surface area contributed by atoms with Crippen molar-refractivity contribution in [3.05, 3.63) is 24.3 Å². The van der Waals surface area contributed by atoms with Crippen LogP contribution >= 0.6 is 12.4 Å². The maximum atomic E-state index is 12.2. The number of nitrogens with zero attached hydrogens (tertiary/aromatic N) is 1. The lowest BCUT2D eigenvalue weighted by Gasteiger charge is -2.34. The molecule has 2 rings (SSSR count). The highest BCUT2D eigenvalue weighted by atomic mass is 35.5. The zero-order valence-electron chi connectivity index (χ0n) is 13.9. The van der Waals surface area contributed by atoms with Crippen LogP contribution in [0, 0.1) is 5.92 Å². The van der Waals surface area contributed by atoms with Gasteiger partial charge in [-0.3, -0.25) is 4.79 Å². The van der Waals surface area contributed by atoms with E-state index in [-0.39, 0.29) is 24.4 Å². The summed E-state index contributed by atoms with van der Waals surface area (Å²) in [4.78, 5) is 14.2. The molecule has 0 radical (unpaired) electrons. The van der Waals surface area contributed by atoms with Crippen molar-refractivity contribution in [3.63, 3.8) is 0 Å². The minimum Gasteiger partial charge on any atom is -0.497 e. The molecule has 0 bridgehead atoms. The Labute approximate surface area is 144 Å². The standard InChI is InChI=1S/C17H26N2O3.ClH/c1-13(18)14-4-3-10-19(12-14)17(20)9-11-22-16-7-5-15(21-2)6-8-16;/h5-8,13-14H,3-4,9-12,18H2,1-2H3;1H. The number of amides is 1. The predicted octanol–water partition coefficient (Wildman–Crippen LogP) is 2.47. The van der Waals surface area contributed by atoms with E-state index < -0.39 is 0 Å². The molecular weight excluding hydrogens is 316 g/mol. The highest BCUT2D eigenvalue weighted by Crippen LogP contribution is 2.20. The minimum atomic E-state index is 0. The third-order valence-corrected chi connectivity index (χ3v) is 4.20. The van der Waals surface area contributed by atoms with Crippen LogP contribution in [0.15, 0.2) is 24.3 Å². The summed E-state index contributed by atoms with van der Waals surface area (Å²) in [6.45, 7) is 4.03. The Balaban J connectivity index is 0.00000264. The molecular formula is C17H27ClN2O3. The van der Waals surface area contributed by atoms with E-state index in [1.165, 1.54) is 0 Å². The molecule has 23 heavy (non-hydrogen) atoms. The maximum absolute atomic E-state index is 12.2. The lowest BCUT2D eigenvalue weighted by molar-refractivity contribution is -0.133. The van der Waals surface area contributed by atoms with Crippen LogP contribution in [0.2, 0.25) is 0 Å². The third kappa shape index (κ3) is 5.92.